The maximum atomic E-state index is 15.0. The van der Waals surface area contributed by atoms with E-state index < -0.39 is 29.4 Å². The third-order valence-electron chi connectivity index (χ3n) is 5.54. The number of carboxylic acid groups (broad SMARTS) is 1. The van der Waals surface area contributed by atoms with E-state index in [1.807, 2.05) is 0 Å². The molecule has 1 aromatic carbocycles. The number of rotatable bonds is 6. The Morgan fingerprint density at radius 1 is 1.36 bits per heavy atom. The van der Waals surface area contributed by atoms with Crippen molar-refractivity contribution in [2.45, 2.75) is 37.3 Å². The molecule has 0 aliphatic carbocycles. The topological polar surface area (TPSA) is 89.0 Å². The van der Waals surface area contributed by atoms with Gasteiger partial charge in [0, 0.05) is 43.5 Å². The molecule has 2 aliphatic rings. The molecule has 33 heavy (non-hydrogen) atoms. The average Bonchev–Trinajstić information content (AvgIpc) is 2.72. The third kappa shape index (κ3) is 4.85. The van der Waals surface area contributed by atoms with Gasteiger partial charge >= 0.3 is 5.97 Å². The molecule has 2 aliphatic heterocycles. The first-order chi connectivity index (χ1) is 15.3. The number of carbonyl (C=O) groups is 1. The van der Waals surface area contributed by atoms with Crippen LogP contribution in [0.3, 0.4) is 0 Å². The maximum Gasteiger partial charge on any atom is 0.332 e. The van der Waals surface area contributed by atoms with Gasteiger partial charge < -0.3 is 26.0 Å². The van der Waals surface area contributed by atoms with Crippen LogP contribution in [0.4, 0.5) is 18.9 Å². The van der Waals surface area contributed by atoms with Gasteiger partial charge in [0.15, 0.2) is 6.04 Å². The minimum Gasteiger partial charge on any atom is -0.479 e. The second kappa shape index (κ2) is 8.74. The molecular weight excluding hydrogens is 454 g/mol. The summed E-state index contributed by atoms with van der Waals surface area (Å²) in [6.45, 7) is 6.06. The highest BCUT2D eigenvalue weighted by atomic mass is 31.0. The van der Waals surface area contributed by atoms with Crippen molar-refractivity contribution in [3.63, 3.8) is 0 Å². The van der Waals surface area contributed by atoms with E-state index in [1.165, 1.54) is 31.3 Å². The molecule has 3 rings (SSSR count). The molecule has 4 unspecified atom stereocenters. The van der Waals surface area contributed by atoms with Crippen LogP contribution in [0, 0.1) is 0 Å². The van der Waals surface area contributed by atoms with Gasteiger partial charge in [0.2, 0.25) is 5.96 Å². The summed E-state index contributed by atoms with van der Waals surface area (Å²) in [5.74, 6) is -4.22. The highest BCUT2D eigenvalue weighted by Crippen LogP contribution is 2.45. The quantitative estimate of drug-likeness (QED) is 0.463. The van der Waals surface area contributed by atoms with Crippen LogP contribution < -0.4 is 16.0 Å². The molecular formula is C22H27F3N5O2P. The van der Waals surface area contributed by atoms with Crippen molar-refractivity contribution in [1.82, 2.24) is 15.5 Å². The zero-order valence-electron chi connectivity index (χ0n) is 18.7. The predicted molar refractivity (Wildman–Crippen MR) is 127 cm³/mol. The molecule has 0 spiro atoms. The standard InChI is InChI=1S/C22H27F3N5O2P/c1-11-13-9-12(22(3,25)33)10-14(16(13)29-20(26-4)30(11)5)18(21(2,23)24)28-15-7-6-8-27-17(15)19(31)32/h6-10,17-18,27-28H,1,33H2,2-5H3,(H,26,29)(H,31,32). The minimum absolute atomic E-state index is 0.0423. The normalized spacial score (nSPS) is 22.0. The molecule has 0 fully saturated rings. The van der Waals surface area contributed by atoms with Crippen molar-refractivity contribution in [2.24, 2.45) is 4.99 Å². The monoisotopic (exact) mass is 481 g/mol. The third-order valence-corrected chi connectivity index (χ3v) is 5.87. The van der Waals surface area contributed by atoms with Gasteiger partial charge in [0.1, 0.15) is 11.5 Å². The number of hydrogen-bond acceptors (Lipinski definition) is 4. The zero-order valence-corrected chi connectivity index (χ0v) is 19.9. The van der Waals surface area contributed by atoms with Gasteiger partial charge in [-0.2, -0.15) is 0 Å². The molecule has 4 atom stereocenters. The number of aliphatic carboxylic acids is 1. The van der Waals surface area contributed by atoms with Gasteiger partial charge in [-0.1, -0.05) is 15.8 Å². The number of nitrogens with zero attached hydrogens (tertiary/aromatic N) is 2. The summed E-state index contributed by atoms with van der Waals surface area (Å²) in [5, 5.41) is 16.0. The summed E-state index contributed by atoms with van der Waals surface area (Å²) >= 11 is 0. The average molecular weight is 481 g/mol. The molecule has 2 heterocycles. The van der Waals surface area contributed by atoms with E-state index >= 15 is 8.78 Å². The van der Waals surface area contributed by atoms with Gasteiger partial charge in [0.25, 0.3) is 5.92 Å². The number of dihydropyridines is 1. The second-order valence-corrected chi connectivity index (χ2v) is 9.28. The van der Waals surface area contributed by atoms with E-state index in [0.29, 0.717) is 22.9 Å². The van der Waals surface area contributed by atoms with E-state index in [9.17, 15) is 14.3 Å². The maximum absolute atomic E-state index is 15.0. The summed E-state index contributed by atoms with van der Waals surface area (Å²) < 4.78 is 45.1. The number of anilines is 1. The summed E-state index contributed by atoms with van der Waals surface area (Å²) in [4.78, 5) is 17.4. The van der Waals surface area contributed by atoms with Crippen LogP contribution in [-0.2, 0) is 10.2 Å². The van der Waals surface area contributed by atoms with E-state index in [-0.39, 0.29) is 16.8 Å². The van der Waals surface area contributed by atoms with Gasteiger partial charge in [-0.05, 0) is 43.0 Å². The van der Waals surface area contributed by atoms with Gasteiger partial charge in [-0.15, -0.1) is 0 Å². The van der Waals surface area contributed by atoms with Crippen LogP contribution in [0.5, 0.6) is 0 Å². The Balaban J connectivity index is 2.24. The number of fused-ring (bicyclic) bond motifs is 1. The van der Waals surface area contributed by atoms with Crippen molar-refractivity contribution in [3.8, 4) is 0 Å². The Bertz CT molecular complexity index is 1070. The summed E-state index contributed by atoms with van der Waals surface area (Å²) in [6.07, 6.45) is 4.34. The molecule has 11 heteroatoms. The number of alkyl halides is 3. The Hall–Kier alpha value is -3.00. The number of halogens is 3. The molecule has 7 nitrogen and oxygen atoms in total. The number of guanidine groups is 1. The Morgan fingerprint density at radius 2 is 2.03 bits per heavy atom. The highest BCUT2D eigenvalue weighted by molar-refractivity contribution is 7.18. The predicted octanol–water partition coefficient (Wildman–Crippen LogP) is 3.76. The fourth-order valence-electron chi connectivity index (χ4n) is 3.72. The van der Waals surface area contributed by atoms with Crippen LogP contribution in [0.15, 0.2) is 47.8 Å². The van der Waals surface area contributed by atoms with Crippen molar-refractivity contribution < 1.29 is 23.1 Å². The first-order valence-corrected chi connectivity index (χ1v) is 10.7. The number of aliphatic imine (C=N–C) groups is 1. The highest BCUT2D eigenvalue weighted by Gasteiger charge is 2.41. The van der Waals surface area contributed by atoms with Gasteiger partial charge in [-0.3, -0.25) is 4.99 Å². The van der Waals surface area contributed by atoms with Crippen molar-refractivity contribution >= 4 is 32.6 Å². The SMILES string of the molecule is C=C1c2cc(C(C)(F)P)cc(C(NC3=CC=CNC3C(=O)O)C(C)(F)F)c2NC(=NC)N1C. The lowest BCUT2D eigenvalue weighted by atomic mass is 9.90. The lowest BCUT2D eigenvalue weighted by molar-refractivity contribution is -0.138. The molecule has 0 aromatic heterocycles. The molecule has 178 valence electrons. The Morgan fingerprint density at radius 3 is 2.58 bits per heavy atom. The smallest absolute Gasteiger partial charge is 0.332 e. The fraction of sp³-hybridized carbons (Fsp3) is 0.364. The lowest BCUT2D eigenvalue weighted by Crippen LogP contribution is -2.46. The van der Waals surface area contributed by atoms with Crippen LogP contribution >= 0.6 is 9.24 Å². The summed E-state index contributed by atoms with van der Waals surface area (Å²) in [5.41, 5.74) is 1.42. The molecule has 0 saturated heterocycles. The van der Waals surface area contributed by atoms with E-state index in [4.69, 9.17) is 0 Å². The summed E-state index contributed by atoms with van der Waals surface area (Å²) in [6, 6.07) is -0.0304. The number of hydrogen-bond donors (Lipinski definition) is 4. The van der Waals surface area contributed by atoms with Crippen LogP contribution in [0.2, 0.25) is 0 Å². The van der Waals surface area contributed by atoms with Crippen molar-refractivity contribution in [1.29, 1.82) is 0 Å². The summed E-state index contributed by atoms with van der Waals surface area (Å²) in [7, 11) is 5.31. The second-order valence-electron chi connectivity index (χ2n) is 8.19. The first kappa shape index (κ1) is 24.6. The molecule has 0 bridgehead atoms. The van der Waals surface area contributed by atoms with Crippen LogP contribution in [0.25, 0.3) is 5.70 Å². The number of benzene rings is 1. The van der Waals surface area contributed by atoms with E-state index in [0.717, 1.165) is 6.92 Å². The van der Waals surface area contributed by atoms with Crippen molar-refractivity contribution in [3.05, 3.63) is 59.5 Å². The lowest BCUT2D eigenvalue weighted by Gasteiger charge is -2.37. The van der Waals surface area contributed by atoms with Crippen LogP contribution in [-0.4, -0.2) is 48.0 Å². The number of carboxylic acids is 1. The first-order valence-electron chi connectivity index (χ1n) is 10.1. The largest absolute Gasteiger partial charge is 0.479 e. The van der Waals surface area contributed by atoms with Gasteiger partial charge in [-0.25, -0.2) is 18.0 Å². The Kier molecular flexibility index (Phi) is 6.53. The number of nitrogens with one attached hydrogen (secondary N) is 3. The van der Waals surface area contributed by atoms with Crippen LogP contribution in [0.1, 0.15) is 36.6 Å². The van der Waals surface area contributed by atoms with Crippen molar-refractivity contribution in [2.75, 3.05) is 19.4 Å². The molecule has 0 saturated carbocycles. The molecule has 0 radical (unpaired) electrons. The zero-order chi connectivity index (χ0) is 24.7. The molecule has 1 aromatic rings. The Labute approximate surface area is 192 Å². The molecule has 0 amide bonds. The number of allylic oxidation sites excluding steroid dienone is 2. The fourth-order valence-corrected chi connectivity index (χ4v) is 3.89. The minimum atomic E-state index is -3.36. The van der Waals surface area contributed by atoms with E-state index in [2.05, 4.69) is 36.8 Å². The van der Waals surface area contributed by atoms with E-state index in [1.54, 1.807) is 25.1 Å². The molecule has 4 N–H and O–H groups in total. The van der Waals surface area contributed by atoms with Gasteiger partial charge in [0.05, 0.1) is 5.69 Å².